The number of hydrogen-bond acceptors (Lipinski definition) is 11. The minimum atomic E-state index is -5.10. The van der Waals surface area contributed by atoms with Crippen molar-refractivity contribution >= 4 is 16.3 Å². The van der Waals surface area contributed by atoms with Gasteiger partial charge in [-0.25, -0.2) is 4.18 Å². The molecule has 13 nitrogen and oxygen atoms in total. The molecule has 1 fully saturated rings. The van der Waals surface area contributed by atoms with E-state index in [0.717, 1.165) is 44.9 Å². The van der Waals surface area contributed by atoms with Gasteiger partial charge in [-0.2, -0.15) is 8.42 Å². The Hall–Kier alpha value is -1.20. The Labute approximate surface area is 288 Å². The number of rotatable bonds is 29. The topological polar surface area (TPSA) is 212 Å². The first-order valence-electron chi connectivity index (χ1n) is 18.2. The lowest BCUT2D eigenvalue weighted by Gasteiger charge is -2.41. The number of unbranched alkanes of at least 4 members (excludes halogenated alkanes) is 16. The van der Waals surface area contributed by atoms with Gasteiger partial charge in [0.25, 0.3) is 0 Å². The number of hydrogen-bond donors (Lipinski definition) is 7. The van der Waals surface area contributed by atoms with Crippen molar-refractivity contribution < 1.29 is 57.0 Å². The monoisotopic (exact) mass is 711 g/mol. The summed E-state index contributed by atoms with van der Waals surface area (Å²) in [6.07, 6.45) is 12.2. The van der Waals surface area contributed by atoms with Crippen molar-refractivity contribution in [1.29, 1.82) is 0 Å². The standard InChI is InChI=1S/C34H65NO12S/c1-3-5-7-9-11-12-13-14-15-16-17-19-21-23-28(38)33(41)35-26(27(37)22-20-18-10-8-6-4-2)25-45-34-31(40)32(47-48(42,43)44)30(39)29(24-36)46-34/h20,22,26-32,34,36-40H,3-19,21,23-25H2,1-2H3,(H,35,41)(H,42,43,44)/b22-20+. The molecule has 1 aliphatic heterocycles. The summed E-state index contributed by atoms with van der Waals surface area (Å²) in [4.78, 5) is 12.9. The molecule has 0 bridgehead atoms. The van der Waals surface area contributed by atoms with Gasteiger partial charge in [-0.3, -0.25) is 9.35 Å². The van der Waals surface area contributed by atoms with Crippen molar-refractivity contribution in [1.82, 2.24) is 5.32 Å². The van der Waals surface area contributed by atoms with Crippen LogP contribution in [-0.4, -0.2) is 107 Å². The summed E-state index contributed by atoms with van der Waals surface area (Å²) in [5, 5.41) is 54.5. The molecule has 1 amide bonds. The van der Waals surface area contributed by atoms with Gasteiger partial charge < -0.3 is 40.3 Å². The number of amides is 1. The smallest absolute Gasteiger partial charge is 0.394 e. The molecule has 0 aromatic heterocycles. The molecule has 0 spiro atoms. The summed E-state index contributed by atoms with van der Waals surface area (Å²) in [5.74, 6) is -0.709. The number of aliphatic hydroxyl groups excluding tert-OH is 5. The average Bonchev–Trinajstić information content (AvgIpc) is 3.05. The Morgan fingerprint density at radius 1 is 0.833 bits per heavy atom. The number of ether oxygens (including phenoxy) is 2. The molecule has 8 unspecified atom stereocenters. The first-order valence-corrected chi connectivity index (χ1v) is 19.5. The van der Waals surface area contributed by atoms with E-state index in [9.17, 15) is 38.7 Å². The molecule has 284 valence electrons. The van der Waals surface area contributed by atoms with Crippen molar-refractivity contribution in [2.75, 3.05) is 13.2 Å². The first-order chi connectivity index (χ1) is 22.9. The molecule has 0 aromatic rings. The van der Waals surface area contributed by atoms with Crippen LogP contribution in [0.5, 0.6) is 0 Å². The molecule has 48 heavy (non-hydrogen) atoms. The SMILES string of the molecule is CCCCCC/C=C/C(O)C(COC1OC(CO)C(O)C(OS(=O)(=O)O)C1O)NC(=O)C(O)CCCCCCCCCCCCCCC. The molecule has 1 aliphatic rings. The Morgan fingerprint density at radius 2 is 1.35 bits per heavy atom. The van der Waals surface area contributed by atoms with Crippen LogP contribution in [0.25, 0.3) is 0 Å². The van der Waals surface area contributed by atoms with Crippen molar-refractivity contribution in [3.63, 3.8) is 0 Å². The normalized spacial score (nSPS) is 23.7. The van der Waals surface area contributed by atoms with E-state index in [1.54, 1.807) is 6.08 Å². The van der Waals surface area contributed by atoms with Crippen LogP contribution < -0.4 is 5.32 Å². The maximum Gasteiger partial charge on any atom is 0.397 e. The van der Waals surface area contributed by atoms with Crippen LogP contribution in [0.2, 0.25) is 0 Å². The largest absolute Gasteiger partial charge is 0.397 e. The van der Waals surface area contributed by atoms with Crippen molar-refractivity contribution in [3.8, 4) is 0 Å². The van der Waals surface area contributed by atoms with Gasteiger partial charge in [0.2, 0.25) is 5.91 Å². The van der Waals surface area contributed by atoms with Gasteiger partial charge in [0.05, 0.1) is 25.4 Å². The lowest BCUT2D eigenvalue weighted by atomic mass is 9.99. The molecule has 0 radical (unpaired) electrons. The minimum Gasteiger partial charge on any atom is -0.394 e. The van der Waals surface area contributed by atoms with Crippen LogP contribution in [0.3, 0.4) is 0 Å². The van der Waals surface area contributed by atoms with Gasteiger partial charge >= 0.3 is 10.4 Å². The van der Waals surface area contributed by atoms with Crippen molar-refractivity contribution in [2.24, 2.45) is 0 Å². The molecule has 7 N–H and O–H groups in total. The lowest BCUT2D eigenvalue weighted by molar-refractivity contribution is -0.298. The Balaban J connectivity index is 2.65. The molecule has 0 aromatic carbocycles. The molecular formula is C34H65NO12S. The molecule has 1 heterocycles. The maximum atomic E-state index is 12.9. The molecule has 14 heteroatoms. The van der Waals surface area contributed by atoms with Gasteiger partial charge in [0.15, 0.2) is 6.29 Å². The van der Waals surface area contributed by atoms with Crippen molar-refractivity contribution in [3.05, 3.63) is 12.2 Å². The molecule has 0 saturated carbocycles. The zero-order valence-corrected chi connectivity index (χ0v) is 30.0. The van der Waals surface area contributed by atoms with Gasteiger partial charge in [0.1, 0.15) is 30.5 Å². The third kappa shape index (κ3) is 19.9. The summed E-state index contributed by atoms with van der Waals surface area (Å²) in [6.45, 7) is 3.07. The number of nitrogens with one attached hydrogen (secondary N) is 1. The van der Waals surface area contributed by atoms with E-state index in [2.05, 4.69) is 23.3 Å². The summed E-state index contributed by atoms with van der Waals surface area (Å²) < 4.78 is 47.0. The van der Waals surface area contributed by atoms with E-state index in [0.29, 0.717) is 12.8 Å². The minimum absolute atomic E-state index is 0.246. The fourth-order valence-electron chi connectivity index (χ4n) is 5.69. The van der Waals surface area contributed by atoms with Gasteiger partial charge in [-0.1, -0.05) is 129 Å². The third-order valence-corrected chi connectivity index (χ3v) is 9.14. The Kier molecular flexibility index (Phi) is 24.8. The highest BCUT2D eigenvalue weighted by Crippen LogP contribution is 2.26. The molecular weight excluding hydrogens is 646 g/mol. The number of allylic oxidation sites excluding steroid dienone is 1. The first kappa shape index (κ1) is 44.8. The van der Waals surface area contributed by atoms with E-state index < -0.39 is 78.5 Å². The second-order valence-electron chi connectivity index (χ2n) is 13.0. The van der Waals surface area contributed by atoms with Crippen LogP contribution >= 0.6 is 0 Å². The van der Waals surface area contributed by atoms with Gasteiger partial charge in [0, 0.05) is 0 Å². The van der Waals surface area contributed by atoms with Crippen molar-refractivity contribution in [2.45, 2.75) is 185 Å². The fraction of sp³-hybridized carbons (Fsp3) is 0.912. The summed E-state index contributed by atoms with van der Waals surface area (Å²) in [5.41, 5.74) is 0. The van der Waals surface area contributed by atoms with Gasteiger partial charge in [-0.05, 0) is 19.3 Å². The highest BCUT2D eigenvalue weighted by Gasteiger charge is 2.48. The summed E-state index contributed by atoms with van der Waals surface area (Å²) >= 11 is 0. The predicted molar refractivity (Wildman–Crippen MR) is 182 cm³/mol. The Bertz CT molecular complexity index is 952. The van der Waals surface area contributed by atoms with E-state index in [-0.39, 0.29) is 6.42 Å². The number of carbonyl (C=O) groups is 1. The summed E-state index contributed by atoms with van der Waals surface area (Å²) in [6, 6.07) is -1.11. The highest BCUT2D eigenvalue weighted by atomic mass is 32.3. The van der Waals surface area contributed by atoms with E-state index >= 15 is 0 Å². The number of aliphatic hydroxyl groups is 5. The van der Waals surface area contributed by atoms with E-state index in [4.69, 9.17) is 14.0 Å². The lowest BCUT2D eigenvalue weighted by Crippen LogP contribution is -2.61. The van der Waals surface area contributed by atoms with E-state index in [1.807, 2.05) is 0 Å². The number of carbonyl (C=O) groups excluding carboxylic acids is 1. The second kappa shape index (κ2) is 26.6. The second-order valence-corrected chi connectivity index (χ2v) is 14.0. The van der Waals surface area contributed by atoms with Crippen LogP contribution in [0.1, 0.15) is 136 Å². The van der Waals surface area contributed by atoms with Crippen LogP contribution in [0.4, 0.5) is 0 Å². The van der Waals surface area contributed by atoms with E-state index in [1.165, 1.54) is 63.9 Å². The van der Waals surface area contributed by atoms with Gasteiger partial charge in [-0.15, -0.1) is 0 Å². The van der Waals surface area contributed by atoms with Crippen LogP contribution in [0, 0.1) is 0 Å². The quantitative estimate of drug-likeness (QED) is 0.0335. The predicted octanol–water partition coefficient (Wildman–Crippen LogP) is 3.84. The Morgan fingerprint density at radius 3 is 1.88 bits per heavy atom. The molecule has 0 aliphatic carbocycles. The van der Waals surface area contributed by atoms with Crippen LogP contribution in [0.15, 0.2) is 12.2 Å². The zero-order valence-electron chi connectivity index (χ0n) is 29.2. The zero-order chi connectivity index (χ0) is 35.8. The fourth-order valence-corrected chi connectivity index (χ4v) is 6.20. The summed E-state index contributed by atoms with van der Waals surface area (Å²) in [7, 11) is -5.10. The van der Waals surface area contributed by atoms with Crippen LogP contribution in [-0.2, 0) is 28.9 Å². The average molecular weight is 712 g/mol. The molecule has 8 atom stereocenters. The maximum absolute atomic E-state index is 12.9. The highest BCUT2D eigenvalue weighted by molar-refractivity contribution is 7.80. The molecule has 1 saturated heterocycles. The third-order valence-electron chi connectivity index (χ3n) is 8.68. The molecule has 1 rings (SSSR count).